The largest absolute Gasteiger partial charge is 0.452 e. The predicted octanol–water partition coefficient (Wildman–Crippen LogP) is 0.0676. The smallest absolute Gasteiger partial charge is 0.338 e. The minimum atomic E-state index is -3.10. The van der Waals surface area contributed by atoms with E-state index in [0.717, 1.165) is 25.1 Å². The zero-order chi connectivity index (χ0) is 19.9. The summed E-state index contributed by atoms with van der Waals surface area (Å²) < 4.78 is 27.9. The Morgan fingerprint density at radius 2 is 2.11 bits per heavy atom. The molecular weight excluding hydrogens is 386 g/mol. The van der Waals surface area contributed by atoms with Gasteiger partial charge in [0.2, 0.25) is 5.91 Å². The molecule has 3 heterocycles. The van der Waals surface area contributed by atoms with Gasteiger partial charge in [0.05, 0.1) is 28.4 Å². The Bertz CT molecular complexity index is 945. The number of ether oxygens (including phenoxy) is 1. The topological polar surface area (TPSA) is 122 Å². The van der Waals surface area contributed by atoms with Gasteiger partial charge in [-0.1, -0.05) is 0 Å². The van der Waals surface area contributed by atoms with Crippen LogP contribution in [0.3, 0.4) is 0 Å². The highest BCUT2D eigenvalue weighted by molar-refractivity contribution is 7.91. The number of rotatable bonds is 4. The van der Waals surface area contributed by atoms with Crippen LogP contribution in [0.1, 0.15) is 29.6 Å². The van der Waals surface area contributed by atoms with Gasteiger partial charge in [0.1, 0.15) is 6.04 Å². The number of nitrogens with one attached hydrogen (secondary N) is 2. The summed E-state index contributed by atoms with van der Waals surface area (Å²) in [6.07, 6.45) is 2.12. The molecule has 28 heavy (non-hydrogen) atoms. The van der Waals surface area contributed by atoms with Crippen molar-refractivity contribution in [1.82, 2.24) is 5.32 Å². The molecule has 1 aromatic carbocycles. The minimum Gasteiger partial charge on any atom is -0.452 e. The quantitative estimate of drug-likeness (QED) is 0.677. The van der Waals surface area contributed by atoms with E-state index in [0.29, 0.717) is 12.1 Å². The molecule has 2 amide bonds. The molecule has 3 aliphatic rings. The number of sulfone groups is 1. The maximum Gasteiger partial charge on any atom is 0.338 e. The van der Waals surface area contributed by atoms with Crippen LogP contribution >= 0.6 is 0 Å². The number of amides is 2. The summed E-state index contributed by atoms with van der Waals surface area (Å²) in [6.45, 7) is 0.305. The molecule has 150 valence electrons. The lowest BCUT2D eigenvalue weighted by Crippen LogP contribution is -2.43. The molecule has 0 spiro atoms. The first kappa shape index (κ1) is 18.7. The van der Waals surface area contributed by atoms with E-state index in [1.807, 2.05) is 4.90 Å². The molecule has 0 aromatic heterocycles. The van der Waals surface area contributed by atoms with Crippen LogP contribution in [-0.4, -0.2) is 62.9 Å². The van der Waals surface area contributed by atoms with Gasteiger partial charge in [0, 0.05) is 12.6 Å². The fraction of sp³-hybridized carbons (Fsp3) is 0.500. The van der Waals surface area contributed by atoms with Crippen LogP contribution in [0, 0.1) is 0 Å². The Kier molecular flexibility index (Phi) is 4.74. The third-order valence-corrected chi connectivity index (χ3v) is 7.05. The normalized spacial score (nSPS) is 24.9. The van der Waals surface area contributed by atoms with Gasteiger partial charge in [-0.25, -0.2) is 13.2 Å². The van der Waals surface area contributed by atoms with Crippen molar-refractivity contribution in [2.45, 2.75) is 31.3 Å². The van der Waals surface area contributed by atoms with Gasteiger partial charge in [-0.05, 0) is 37.5 Å². The van der Waals surface area contributed by atoms with Crippen LogP contribution in [0.15, 0.2) is 18.2 Å². The van der Waals surface area contributed by atoms with Crippen LogP contribution in [0.2, 0.25) is 0 Å². The van der Waals surface area contributed by atoms with Crippen molar-refractivity contribution in [2.75, 3.05) is 34.9 Å². The molecule has 0 unspecified atom stereocenters. The van der Waals surface area contributed by atoms with Crippen molar-refractivity contribution >= 4 is 39.0 Å². The molecule has 0 radical (unpaired) electrons. The first-order valence-corrected chi connectivity index (χ1v) is 11.0. The van der Waals surface area contributed by atoms with Crippen LogP contribution in [0.25, 0.3) is 0 Å². The van der Waals surface area contributed by atoms with E-state index < -0.39 is 34.4 Å². The molecule has 0 bridgehead atoms. The molecule has 2 saturated heterocycles. The molecular formula is C18H21N3O6S. The number of fused-ring (bicyclic) bond motifs is 3. The SMILES string of the molecule is O=C(COC(=O)c1ccc2c(c1)NC(=O)[C@H]1CCCN21)N[C@@H]1CCS(=O)(=O)C1. The number of carbonyl (C=O) groups excluding carboxylic acids is 3. The van der Waals surface area contributed by atoms with Gasteiger partial charge in [0.25, 0.3) is 5.91 Å². The second-order valence-corrected chi connectivity index (χ2v) is 9.54. The van der Waals surface area contributed by atoms with E-state index in [4.69, 9.17) is 4.74 Å². The fourth-order valence-electron chi connectivity index (χ4n) is 3.95. The van der Waals surface area contributed by atoms with Crippen molar-refractivity contribution in [1.29, 1.82) is 0 Å². The molecule has 0 aliphatic carbocycles. The van der Waals surface area contributed by atoms with Crippen LogP contribution < -0.4 is 15.5 Å². The number of carbonyl (C=O) groups is 3. The summed E-state index contributed by atoms with van der Waals surface area (Å²) in [4.78, 5) is 38.4. The highest BCUT2D eigenvalue weighted by Crippen LogP contribution is 2.37. The zero-order valence-corrected chi connectivity index (χ0v) is 16.0. The van der Waals surface area contributed by atoms with Gasteiger partial charge < -0.3 is 20.3 Å². The molecule has 0 saturated carbocycles. The zero-order valence-electron chi connectivity index (χ0n) is 15.1. The molecule has 2 fully saturated rings. The van der Waals surface area contributed by atoms with E-state index in [-0.39, 0.29) is 29.0 Å². The maximum atomic E-state index is 12.3. The number of esters is 1. The highest BCUT2D eigenvalue weighted by Gasteiger charge is 2.36. The van der Waals surface area contributed by atoms with Crippen molar-refractivity contribution < 1.29 is 27.5 Å². The molecule has 1 aromatic rings. The van der Waals surface area contributed by atoms with Crippen molar-refractivity contribution in [3.63, 3.8) is 0 Å². The van der Waals surface area contributed by atoms with Gasteiger partial charge >= 0.3 is 5.97 Å². The van der Waals surface area contributed by atoms with Crippen molar-refractivity contribution in [2.24, 2.45) is 0 Å². The molecule has 10 heteroatoms. The first-order valence-electron chi connectivity index (χ1n) is 9.21. The number of anilines is 2. The van der Waals surface area contributed by atoms with Crippen LogP contribution in [0.5, 0.6) is 0 Å². The Morgan fingerprint density at radius 1 is 1.29 bits per heavy atom. The standard InChI is InChI=1S/C18H21N3O6S/c22-16(19-12-5-7-28(25,26)10-12)9-27-18(24)11-3-4-14-13(8-11)20-17(23)15-2-1-6-21(14)15/h3-4,8,12,15H,1-2,5-7,9-10H2,(H,19,22)(H,20,23)/t12-,15-/m1/s1. The number of hydrogen-bond donors (Lipinski definition) is 2. The maximum absolute atomic E-state index is 12.3. The third-order valence-electron chi connectivity index (χ3n) is 5.29. The minimum absolute atomic E-state index is 0.0520. The number of benzene rings is 1. The summed E-state index contributed by atoms with van der Waals surface area (Å²) >= 11 is 0. The Hall–Kier alpha value is -2.62. The average Bonchev–Trinajstić information content (AvgIpc) is 3.26. The fourth-order valence-corrected chi connectivity index (χ4v) is 5.62. The van der Waals surface area contributed by atoms with Crippen molar-refractivity contribution in [3.8, 4) is 0 Å². The van der Waals surface area contributed by atoms with E-state index in [2.05, 4.69) is 10.6 Å². The number of hydrogen-bond acceptors (Lipinski definition) is 7. The second kappa shape index (κ2) is 7.08. The summed E-state index contributed by atoms with van der Waals surface area (Å²) in [5, 5.41) is 5.39. The third kappa shape index (κ3) is 3.68. The molecule has 2 N–H and O–H groups in total. The Morgan fingerprint density at radius 3 is 2.86 bits per heavy atom. The summed E-state index contributed by atoms with van der Waals surface area (Å²) in [7, 11) is -3.10. The summed E-state index contributed by atoms with van der Waals surface area (Å²) in [5.74, 6) is -1.34. The van der Waals surface area contributed by atoms with E-state index in [1.54, 1.807) is 18.2 Å². The van der Waals surface area contributed by atoms with Crippen LogP contribution in [-0.2, 0) is 24.2 Å². The van der Waals surface area contributed by atoms with Crippen molar-refractivity contribution in [3.05, 3.63) is 23.8 Å². The van der Waals surface area contributed by atoms with Gasteiger partial charge in [-0.3, -0.25) is 9.59 Å². The average molecular weight is 407 g/mol. The van der Waals surface area contributed by atoms with E-state index in [1.165, 1.54) is 0 Å². The highest BCUT2D eigenvalue weighted by atomic mass is 32.2. The lowest BCUT2D eigenvalue weighted by molar-refractivity contribution is -0.124. The predicted molar refractivity (Wildman–Crippen MR) is 101 cm³/mol. The van der Waals surface area contributed by atoms with E-state index in [9.17, 15) is 22.8 Å². The van der Waals surface area contributed by atoms with Gasteiger partial charge in [0.15, 0.2) is 16.4 Å². The first-order chi connectivity index (χ1) is 13.3. The Labute approximate surface area is 162 Å². The van der Waals surface area contributed by atoms with Gasteiger partial charge in [-0.2, -0.15) is 0 Å². The lowest BCUT2D eigenvalue weighted by Gasteiger charge is -2.33. The lowest BCUT2D eigenvalue weighted by atomic mass is 10.1. The second-order valence-electron chi connectivity index (χ2n) is 7.32. The summed E-state index contributed by atoms with van der Waals surface area (Å²) in [6, 6.07) is 4.32. The molecule has 4 rings (SSSR count). The van der Waals surface area contributed by atoms with Crippen LogP contribution in [0.4, 0.5) is 11.4 Å². The van der Waals surface area contributed by atoms with E-state index >= 15 is 0 Å². The summed E-state index contributed by atoms with van der Waals surface area (Å²) in [5.41, 5.74) is 1.66. The molecule has 2 atom stereocenters. The molecule has 3 aliphatic heterocycles. The number of nitrogens with zero attached hydrogens (tertiary/aromatic N) is 1. The Balaban J connectivity index is 1.36. The monoisotopic (exact) mass is 407 g/mol. The molecule has 9 nitrogen and oxygen atoms in total. The van der Waals surface area contributed by atoms with Gasteiger partial charge in [-0.15, -0.1) is 0 Å².